The first-order chi connectivity index (χ1) is 9.06. The van der Waals surface area contributed by atoms with Gasteiger partial charge in [0.05, 0.1) is 11.6 Å². The van der Waals surface area contributed by atoms with Crippen LogP contribution in [0.5, 0.6) is 5.75 Å². The molecule has 5 heteroatoms. The van der Waals surface area contributed by atoms with Gasteiger partial charge >= 0.3 is 0 Å². The minimum absolute atomic E-state index is 0.0819. The van der Waals surface area contributed by atoms with Crippen LogP contribution < -0.4 is 10.1 Å². The monoisotopic (exact) mass is 281 g/mol. The van der Waals surface area contributed by atoms with Gasteiger partial charge in [0, 0.05) is 5.56 Å². The Morgan fingerprint density at radius 2 is 2.05 bits per heavy atom. The molecule has 1 aromatic rings. The fourth-order valence-corrected chi connectivity index (χ4v) is 2.33. The van der Waals surface area contributed by atoms with E-state index >= 15 is 0 Å². The normalized spacial score (nSPS) is 16.3. The van der Waals surface area contributed by atoms with Crippen LogP contribution >= 0.6 is 11.6 Å². The van der Waals surface area contributed by atoms with Gasteiger partial charge in [0.15, 0.2) is 11.4 Å². The summed E-state index contributed by atoms with van der Waals surface area (Å²) in [5.74, 6) is 0.165. The molecule has 0 spiro atoms. The van der Waals surface area contributed by atoms with E-state index in [1.165, 1.54) is 0 Å². The smallest absolute Gasteiger partial charge is 0.268 e. The average molecular weight is 282 g/mol. The van der Waals surface area contributed by atoms with Crippen LogP contribution in [-0.2, 0) is 4.79 Å². The van der Waals surface area contributed by atoms with Crippen LogP contribution in [0, 0.1) is 0 Å². The van der Waals surface area contributed by atoms with Gasteiger partial charge in [-0.15, -0.1) is 11.6 Å². The zero-order valence-electron chi connectivity index (χ0n) is 11.0. The summed E-state index contributed by atoms with van der Waals surface area (Å²) in [4.78, 5) is 23.7. The molecule has 1 aromatic carbocycles. The Morgan fingerprint density at radius 1 is 1.37 bits per heavy atom. The number of ketones is 1. The summed E-state index contributed by atoms with van der Waals surface area (Å²) >= 11 is 5.52. The quantitative estimate of drug-likeness (QED) is 0.682. The molecular weight excluding hydrogens is 266 g/mol. The molecule has 0 saturated carbocycles. The molecule has 1 aliphatic heterocycles. The fraction of sp³-hybridized carbons (Fsp3) is 0.429. The molecule has 102 valence electrons. The number of fused-ring (bicyclic) bond motifs is 1. The zero-order valence-corrected chi connectivity index (χ0v) is 11.7. The third kappa shape index (κ3) is 2.32. The maximum atomic E-state index is 12.1. The molecule has 0 radical (unpaired) electrons. The summed E-state index contributed by atoms with van der Waals surface area (Å²) in [5, 5.41) is 2.81. The summed E-state index contributed by atoms with van der Waals surface area (Å²) in [7, 11) is 0. The van der Waals surface area contributed by atoms with Crippen LogP contribution in [0.15, 0.2) is 18.2 Å². The molecule has 4 nitrogen and oxygen atoms in total. The largest absolute Gasteiger partial charge is 0.475 e. The first-order valence-electron chi connectivity index (χ1n) is 6.30. The van der Waals surface area contributed by atoms with Crippen molar-refractivity contribution in [3.05, 3.63) is 23.8 Å². The van der Waals surface area contributed by atoms with Crippen LogP contribution in [0.2, 0.25) is 0 Å². The number of benzene rings is 1. The van der Waals surface area contributed by atoms with Gasteiger partial charge in [0.2, 0.25) is 0 Å². The van der Waals surface area contributed by atoms with E-state index in [-0.39, 0.29) is 17.6 Å². The Hall–Kier alpha value is -1.55. The lowest BCUT2D eigenvalue weighted by Crippen LogP contribution is -2.49. The van der Waals surface area contributed by atoms with E-state index in [0.29, 0.717) is 29.8 Å². The zero-order chi connectivity index (χ0) is 14.0. The number of amides is 1. The number of hydrogen-bond acceptors (Lipinski definition) is 3. The minimum Gasteiger partial charge on any atom is -0.475 e. The highest BCUT2D eigenvalue weighted by molar-refractivity contribution is 6.30. The van der Waals surface area contributed by atoms with Crippen molar-refractivity contribution in [2.24, 2.45) is 0 Å². The van der Waals surface area contributed by atoms with Gasteiger partial charge in [0.25, 0.3) is 5.91 Å². The Bertz CT molecular complexity index is 523. The Kier molecular flexibility index (Phi) is 3.80. The second kappa shape index (κ2) is 5.21. The van der Waals surface area contributed by atoms with Gasteiger partial charge in [0.1, 0.15) is 5.75 Å². The van der Waals surface area contributed by atoms with Crippen LogP contribution in [0.4, 0.5) is 5.69 Å². The highest BCUT2D eigenvalue weighted by Crippen LogP contribution is 2.37. The van der Waals surface area contributed by atoms with Crippen molar-refractivity contribution < 1.29 is 14.3 Å². The number of nitrogens with one attached hydrogen (secondary N) is 1. The third-order valence-electron chi connectivity index (χ3n) is 3.53. The first kappa shape index (κ1) is 13.9. The van der Waals surface area contributed by atoms with E-state index in [9.17, 15) is 9.59 Å². The van der Waals surface area contributed by atoms with E-state index in [4.69, 9.17) is 16.3 Å². The van der Waals surface area contributed by atoms with E-state index in [1.807, 2.05) is 13.8 Å². The molecule has 0 fully saturated rings. The van der Waals surface area contributed by atoms with Gasteiger partial charge in [-0.3, -0.25) is 9.59 Å². The highest BCUT2D eigenvalue weighted by Gasteiger charge is 2.41. The second-order valence-electron chi connectivity index (χ2n) is 4.53. The van der Waals surface area contributed by atoms with Gasteiger partial charge in [-0.25, -0.2) is 0 Å². The summed E-state index contributed by atoms with van der Waals surface area (Å²) in [6, 6.07) is 4.97. The van der Waals surface area contributed by atoms with Gasteiger partial charge in [-0.05, 0) is 31.0 Å². The number of ether oxygens (including phenoxy) is 1. The molecule has 2 rings (SSSR count). The molecule has 0 aromatic heterocycles. The molecule has 1 heterocycles. The van der Waals surface area contributed by atoms with Crippen molar-refractivity contribution in [1.29, 1.82) is 0 Å². The molecular formula is C14H16ClNO3. The molecule has 1 amide bonds. The summed E-state index contributed by atoms with van der Waals surface area (Å²) in [5.41, 5.74) is 0.182. The molecule has 19 heavy (non-hydrogen) atoms. The predicted molar refractivity (Wildman–Crippen MR) is 74.1 cm³/mol. The number of alkyl halides is 1. The highest BCUT2D eigenvalue weighted by atomic mass is 35.5. The summed E-state index contributed by atoms with van der Waals surface area (Å²) < 4.78 is 5.84. The molecule has 0 bridgehead atoms. The van der Waals surface area contributed by atoms with Gasteiger partial charge in [-0.1, -0.05) is 13.8 Å². The maximum Gasteiger partial charge on any atom is 0.268 e. The Labute approximate surface area is 117 Å². The van der Waals surface area contributed by atoms with Crippen molar-refractivity contribution in [3.8, 4) is 5.75 Å². The SMILES string of the molecule is CCC1(CC)Oc2ccc(C(=O)CCl)cc2NC1=O. The summed E-state index contributed by atoms with van der Waals surface area (Å²) in [6.45, 7) is 3.83. The van der Waals surface area contributed by atoms with E-state index < -0.39 is 5.60 Å². The third-order valence-corrected chi connectivity index (χ3v) is 3.78. The number of Topliss-reactive ketones (excluding diaryl/α,β-unsaturated/α-hetero) is 1. The lowest BCUT2D eigenvalue weighted by atomic mass is 9.93. The topological polar surface area (TPSA) is 55.4 Å². The van der Waals surface area contributed by atoms with Gasteiger partial charge < -0.3 is 10.1 Å². The first-order valence-corrected chi connectivity index (χ1v) is 6.83. The number of hydrogen-bond donors (Lipinski definition) is 1. The van der Waals surface area contributed by atoms with Gasteiger partial charge in [-0.2, -0.15) is 0 Å². The van der Waals surface area contributed by atoms with Crippen LogP contribution in [-0.4, -0.2) is 23.2 Å². The lowest BCUT2D eigenvalue weighted by molar-refractivity contribution is -0.133. The van der Waals surface area contributed by atoms with E-state index in [0.717, 1.165) is 0 Å². The lowest BCUT2D eigenvalue weighted by Gasteiger charge is -2.36. The van der Waals surface area contributed by atoms with E-state index in [2.05, 4.69) is 5.32 Å². The molecule has 1 N–H and O–H groups in total. The molecule has 0 unspecified atom stereocenters. The standard InChI is InChI=1S/C14H16ClNO3/c1-3-14(4-2)13(18)16-10-7-9(11(17)8-15)5-6-12(10)19-14/h5-7H,3-4,8H2,1-2H3,(H,16,18). The maximum absolute atomic E-state index is 12.1. The average Bonchev–Trinajstić information content (AvgIpc) is 2.45. The Morgan fingerprint density at radius 3 is 2.63 bits per heavy atom. The van der Waals surface area contributed by atoms with Crippen molar-refractivity contribution in [1.82, 2.24) is 0 Å². The summed E-state index contributed by atoms with van der Waals surface area (Å²) in [6.07, 6.45) is 1.19. The number of carbonyl (C=O) groups is 2. The van der Waals surface area contributed by atoms with Crippen molar-refractivity contribution in [2.75, 3.05) is 11.2 Å². The van der Waals surface area contributed by atoms with Crippen molar-refractivity contribution in [3.63, 3.8) is 0 Å². The molecule has 0 aliphatic carbocycles. The van der Waals surface area contributed by atoms with Crippen LogP contribution in [0.25, 0.3) is 0 Å². The number of carbonyl (C=O) groups excluding carboxylic acids is 2. The molecule has 0 atom stereocenters. The van der Waals surface area contributed by atoms with Crippen LogP contribution in [0.3, 0.4) is 0 Å². The van der Waals surface area contributed by atoms with Crippen molar-refractivity contribution >= 4 is 29.0 Å². The van der Waals surface area contributed by atoms with Crippen molar-refractivity contribution in [2.45, 2.75) is 32.3 Å². The van der Waals surface area contributed by atoms with Crippen LogP contribution in [0.1, 0.15) is 37.0 Å². The predicted octanol–water partition coefficient (Wildman–Crippen LogP) is 3.00. The number of halogens is 1. The number of anilines is 1. The second-order valence-corrected chi connectivity index (χ2v) is 4.79. The van der Waals surface area contributed by atoms with E-state index in [1.54, 1.807) is 18.2 Å². The molecule has 1 aliphatic rings. The molecule has 0 saturated heterocycles. The minimum atomic E-state index is -0.814. The fourth-order valence-electron chi connectivity index (χ4n) is 2.18. The number of rotatable bonds is 4. The Balaban J connectivity index is 2.38.